The Morgan fingerprint density at radius 3 is 2.38 bits per heavy atom. The molecule has 0 spiro atoms. The molecule has 2 saturated heterocycles. The molecule has 2 heterocycles. The van der Waals surface area contributed by atoms with Gasteiger partial charge in [0.15, 0.2) is 6.29 Å². The van der Waals surface area contributed by atoms with Crippen LogP contribution in [0.15, 0.2) is 48.5 Å². The van der Waals surface area contributed by atoms with E-state index < -0.39 is 12.3 Å². The van der Waals surface area contributed by atoms with Gasteiger partial charge in [0, 0.05) is 50.1 Å². The maximum absolute atomic E-state index is 12.5. The minimum atomic E-state index is -0.781. The number of rotatable bonds is 13. The molecule has 2 fully saturated rings. The highest BCUT2D eigenvalue weighted by Crippen LogP contribution is 2.38. The average Bonchev–Trinajstić information content (AvgIpc) is 2.95. The van der Waals surface area contributed by atoms with Crippen LogP contribution in [0.25, 0.3) is 0 Å². The molecule has 0 radical (unpaired) electrons. The number of carboxylic acids is 1. The maximum atomic E-state index is 12.5. The normalized spacial score (nSPS) is 21.9. The molecule has 0 saturated carbocycles. The van der Waals surface area contributed by atoms with Crippen molar-refractivity contribution in [2.75, 3.05) is 38.2 Å². The van der Waals surface area contributed by atoms with Gasteiger partial charge < -0.3 is 29.7 Å². The zero-order valence-electron chi connectivity index (χ0n) is 22.4. The van der Waals surface area contributed by atoms with E-state index in [9.17, 15) is 14.7 Å². The molecule has 2 aromatic rings. The molecule has 0 bridgehead atoms. The van der Waals surface area contributed by atoms with Gasteiger partial charge in [0.2, 0.25) is 5.91 Å². The Bertz CT molecular complexity index is 1060. The average molecular weight is 541 g/mol. The molecule has 9 heteroatoms. The third kappa shape index (κ3) is 9.40. The summed E-state index contributed by atoms with van der Waals surface area (Å²) in [5.41, 5.74) is 3.43. The molecule has 9 nitrogen and oxygen atoms in total. The van der Waals surface area contributed by atoms with Crippen molar-refractivity contribution in [3.8, 4) is 0 Å². The third-order valence-electron chi connectivity index (χ3n) is 7.17. The number of nitrogens with one attached hydrogen (secondary N) is 1. The highest BCUT2D eigenvalue weighted by atomic mass is 16.7. The predicted octanol–water partition coefficient (Wildman–Crippen LogP) is 4.42. The summed E-state index contributed by atoms with van der Waals surface area (Å²) in [4.78, 5) is 25.5. The fourth-order valence-electron chi connectivity index (χ4n) is 5.01. The van der Waals surface area contributed by atoms with Gasteiger partial charge in [-0.25, -0.2) is 0 Å². The Hall–Kier alpha value is -2.82. The van der Waals surface area contributed by atoms with Gasteiger partial charge in [0.25, 0.3) is 0 Å². The van der Waals surface area contributed by atoms with Crippen LogP contribution in [0.1, 0.15) is 74.0 Å². The number of carboxylic acid groups (broad SMARTS) is 1. The van der Waals surface area contributed by atoms with E-state index in [0.29, 0.717) is 18.5 Å². The number of benzene rings is 2. The second-order valence-electron chi connectivity index (χ2n) is 10.2. The Balaban J connectivity index is 1.38. The molecule has 1 amide bonds. The lowest BCUT2D eigenvalue weighted by Crippen LogP contribution is -2.44. The van der Waals surface area contributed by atoms with Gasteiger partial charge in [-0.1, -0.05) is 49.2 Å². The van der Waals surface area contributed by atoms with Crippen molar-refractivity contribution in [3.05, 3.63) is 65.2 Å². The molecular formula is C30H40N2O7. The molecular weight excluding hydrogens is 500 g/mol. The molecule has 212 valence electrons. The molecule has 0 unspecified atom stereocenters. The summed E-state index contributed by atoms with van der Waals surface area (Å²) in [5.74, 6) is -0.847. The summed E-state index contributed by atoms with van der Waals surface area (Å²) in [6.07, 6.45) is 3.49. The van der Waals surface area contributed by atoms with Crippen molar-refractivity contribution < 1.29 is 34.0 Å². The molecule has 39 heavy (non-hydrogen) atoms. The zero-order chi connectivity index (χ0) is 27.5. The lowest BCUT2D eigenvalue weighted by atomic mass is 9.99. The number of nitrogens with zero attached hydrogens (tertiary/aromatic N) is 1. The van der Waals surface area contributed by atoms with E-state index >= 15 is 0 Å². The number of aliphatic carboxylic acids is 1. The molecule has 4 rings (SSSR count). The summed E-state index contributed by atoms with van der Waals surface area (Å²) < 4.78 is 18.4. The lowest BCUT2D eigenvalue weighted by Gasteiger charge is -2.39. The van der Waals surface area contributed by atoms with Crippen molar-refractivity contribution in [1.82, 2.24) is 4.90 Å². The van der Waals surface area contributed by atoms with E-state index in [4.69, 9.17) is 19.3 Å². The minimum absolute atomic E-state index is 0.000428. The largest absolute Gasteiger partial charge is 0.481 e. The molecule has 2 aliphatic rings. The fraction of sp³-hybridized carbons (Fsp3) is 0.533. The zero-order valence-corrected chi connectivity index (χ0v) is 22.4. The van der Waals surface area contributed by atoms with Crippen molar-refractivity contribution in [3.63, 3.8) is 0 Å². The van der Waals surface area contributed by atoms with Crippen LogP contribution < -0.4 is 5.32 Å². The predicted molar refractivity (Wildman–Crippen MR) is 146 cm³/mol. The number of carbonyl (C=O) groups is 2. The Morgan fingerprint density at radius 1 is 0.923 bits per heavy atom. The van der Waals surface area contributed by atoms with Crippen molar-refractivity contribution in [1.29, 1.82) is 0 Å². The van der Waals surface area contributed by atoms with E-state index in [1.807, 2.05) is 48.5 Å². The van der Waals surface area contributed by atoms with Gasteiger partial charge in [-0.15, -0.1) is 0 Å². The smallest absolute Gasteiger partial charge is 0.303 e. The molecule has 2 aromatic carbocycles. The van der Waals surface area contributed by atoms with Crippen LogP contribution in [0.3, 0.4) is 0 Å². The lowest BCUT2D eigenvalue weighted by molar-refractivity contribution is -0.253. The SMILES string of the molecule is O=C(O)CCCCCCC(=O)Nc1cccc([C@H]2O[C@@H](CN3CCOCC3)C[C@@H](c3ccc(CO)cc3)O2)c1. The van der Waals surface area contributed by atoms with E-state index in [1.165, 1.54) is 0 Å². The van der Waals surface area contributed by atoms with E-state index in [2.05, 4.69) is 10.2 Å². The van der Waals surface area contributed by atoms with Crippen molar-refractivity contribution in [2.45, 2.75) is 70.1 Å². The van der Waals surface area contributed by atoms with E-state index in [0.717, 1.165) is 75.2 Å². The monoisotopic (exact) mass is 540 g/mol. The van der Waals surface area contributed by atoms with Gasteiger partial charge >= 0.3 is 5.97 Å². The van der Waals surface area contributed by atoms with Crippen molar-refractivity contribution in [2.24, 2.45) is 0 Å². The topological polar surface area (TPSA) is 118 Å². The van der Waals surface area contributed by atoms with E-state index in [-0.39, 0.29) is 31.1 Å². The van der Waals surface area contributed by atoms with Crippen LogP contribution >= 0.6 is 0 Å². The van der Waals surface area contributed by atoms with Gasteiger partial charge in [0.05, 0.1) is 32.0 Å². The molecule has 3 N–H and O–H groups in total. The number of amides is 1. The van der Waals surface area contributed by atoms with Crippen LogP contribution in [0.5, 0.6) is 0 Å². The Labute approximate surface area is 230 Å². The summed E-state index contributed by atoms with van der Waals surface area (Å²) in [6.45, 7) is 3.99. The first-order valence-electron chi connectivity index (χ1n) is 13.9. The number of unbranched alkanes of at least 4 members (excludes halogenated alkanes) is 3. The second-order valence-corrected chi connectivity index (χ2v) is 10.2. The van der Waals surface area contributed by atoms with Crippen LogP contribution in [-0.4, -0.2) is 65.9 Å². The van der Waals surface area contributed by atoms with Crippen LogP contribution in [-0.2, 0) is 30.4 Å². The van der Waals surface area contributed by atoms with Crippen LogP contribution in [0, 0.1) is 0 Å². The molecule has 2 aliphatic heterocycles. The highest BCUT2D eigenvalue weighted by molar-refractivity contribution is 5.90. The van der Waals surface area contributed by atoms with Gasteiger partial charge in [-0.05, 0) is 36.1 Å². The molecule has 0 aliphatic carbocycles. The minimum Gasteiger partial charge on any atom is -0.481 e. The number of ether oxygens (including phenoxy) is 3. The summed E-state index contributed by atoms with van der Waals surface area (Å²) >= 11 is 0. The van der Waals surface area contributed by atoms with Gasteiger partial charge in [0.1, 0.15) is 0 Å². The number of hydrogen-bond donors (Lipinski definition) is 3. The first kappa shape index (κ1) is 29.2. The fourth-order valence-corrected chi connectivity index (χ4v) is 5.01. The summed E-state index contributed by atoms with van der Waals surface area (Å²) in [6, 6.07) is 15.4. The van der Waals surface area contributed by atoms with Crippen LogP contribution in [0.4, 0.5) is 5.69 Å². The Kier molecular flexibility index (Phi) is 11.3. The Morgan fingerprint density at radius 2 is 1.67 bits per heavy atom. The third-order valence-corrected chi connectivity index (χ3v) is 7.17. The quantitative estimate of drug-likeness (QED) is 0.320. The number of hydrogen-bond acceptors (Lipinski definition) is 7. The highest BCUT2D eigenvalue weighted by Gasteiger charge is 2.33. The summed E-state index contributed by atoms with van der Waals surface area (Å²) in [7, 11) is 0. The van der Waals surface area contributed by atoms with Gasteiger partial charge in [-0.3, -0.25) is 14.5 Å². The van der Waals surface area contributed by atoms with Crippen molar-refractivity contribution >= 4 is 17.6 Å². The number of morpholine rings is 1. The van der Waals surface area contributed by atoms with E-state index in [1.54, 1.807) is 0 Å². The standard InChI is InChI=1S/C30H40N2O7/c33-21-22-10-12-23(13-11-22)27-19-26(20-32-14-16-37-17-15-32)38-30(39-27)24-6-5-7-25(18-24)31-28(34)8-3-1-2-4-9-29(35)36/h5-7,10-13,18,26-27,30,33H,1-4,8-9,14-17,19-21H2,(H,31,34)(H,35,36)/t26-,27+,30+/m1/s1. The molecule has 0 aromatic heterocycles. The first-order chi connectivity index (χ1) is 19.0. The second kappa shape index (κ2) is 15.1. The number of aliphatic hydroxyl groups is 1. The first-order valence-corrected chi connectivity index (χ1v) is 13.9. The number of anilines is 1. The van der Waals surface area contributed by atoms with Gasteiger partial charge in [-0.2, -0.15) is 0 Å². The number of aliphatic hydroxyl groups excluding tert-OH is 1. The molecule has 3 atom stereocenters. The van der Waals surface area contributed by atoms with Crippen LogP contribution in [0.2, 0.25) is 0 Å². The number of carbonyl (C=O) groups excluding carboxylic acids is 1. The maximum Gasteiger partial charge on any atom is 0.303 e. The summed E-state index contributed by atoms with van der Waals surface area (Å²) in [5, 5.41) is 21.1.